The Hall–Kier alpha value is -2.87. The molecule has 2 aromatic carbocycles. The van der Waals surface area contributed by atoms with E-state index in [9.17, 15) is 0 Å². The van der Waals surface area contributed by atoms with E-state index < -0.39 is 0 Å². The first-order valence-corrected chi connectivity index (χ1v) is 10.1. The number of aromatic nitrogens is 1. The normalized spacial score (nSPS) is 17.0. The molecule has 1 aliphatic rings. The molecule has 0 unspecified atom stereocenters. The number of likely N-dealkylation sites (N-methyl/N-ethyl adjacent to an activating group) is 1. The highest BCUT2D eigenvalue weighted by molar-refractivity contribution is 5.77. The largest absolute Gasteiger partial charge is 0.347 e. The van der Waals surface area contributed by atoms with Crippen LogP contribution < -0.4 is 9.47 Å². The highest BCUT2D eigenvalue weighted by Crippen LogP contribution is 2.46. The lowest BCUT2D eigenvalue weighted by molar-refractivity contribution is -0.669. The van der Waals surface area contributed by atoms with E-state index in [2.05, 4.69) is 117 Å². The van der Waals surface area contributed by atoms with Gasteiger partial charge in [-0.25, -0.2) is 0 Å². The molecule has 0 fully saturated rings. The van der Waals surface area contributed by atoms with Crippen LogP contribution in [0.1, 0.15) is 37.6 Å². The number of nitrogens with zero attached hydrogens (tertiary/aromatic N) is 2. The Bertz CT molecular complexity index is 1100. The molecule has 1 aliphatic heterocycles. The fourth-order valence-electron chi connectivity index (χ4n) is 4.50. The van der Waals surface area contributed by atoms with Crippen molar-refractivity contribution in [3.63, 3.8) is 0 Å². The average Bonchev–Trinajstić information content (AvgIpc) is 2.88. The van der Waals surface area contributed by atoms with Crippen molar-refractivity contribution in [2.45, 2.75) is 39.7 Å². The zero-order valence-corrected chi connectivity index (χ0v) is 17.5. The van der Waals surface area contributed by atoms with Gasteiger partial charge in [-0.05, 0) is 43.7 Å². The summed E-state index contributed by atoms with van der Waals surface area (Å²) < 4.78 is 2.38. The maximum atomic E-state index is 2.38. The van der Waals surface area contributed by atoms with E-state index in [1.165, 1.54) is 39.1 Å². The van der Waals surface area contributed by atoms with Crippen LogP contribution in [0.5, 0.6) is 0 Å². The van der Waals surface area contributed by atoms with Crippen LogP contribution in [-0.4, -0.2) is 7.05 Å². The van der Waals surface area contributed by atoms with Gasteiger partial charge in [0, 0.05) is 47.4 Å². The van der Waals surface area contributed by atoms with Crippen LogP contribution in [0.4, 0.5) is 5.69 Å². The van der Waals surface area contributed by atoms with Crippen molar-refractivity contribution >= 4 is 22.7 Å². The van der Waals surface area contributed by atoms with Gasteiger partial charge in [0.2, 0.25) is 11.2 Å². The van der Waals surface area contributed by atoms with E-state index >= 15 is 0 Å². The molecule has 0 N–H and O–H groups in total. The van der Waals surface area contributed by atoms with E-state index in [1.54, 1.807) is 0 Å². The number of benzene rings is 2. The number of para-hydroxylation sites is 1. The number of hydrogen-bond donors (Lipinski definition) is 0. The third kappa shape index (κ3) is 2.93. The van der Waals surface area contributed by atoms with E-state index in [4.69, 9.17) is 0 Å². The van der Waals surface area contributed by atoms with Gasteiger partial charge in [0.1, 0.15) is 6.54 Å². The Kier molecular flexibility index (Phi) is 4.58. The molecule has 0 amide bonds. The quantitative estimate of drug-likeness (QED) is 0.531. The van der Waals surface area contributed by atoms with Gasteiger partial charge in [-0.15, -0.1) is 0 Å². The topological polar surface area (TPSA) is 7.12 Å². The van der Waals surface area contributed by atoms with Crippen molar-refractivity contribution in [1.29, 1.82) is 0 Å². The lowest BCUT2D eigenvalue weighted by Gasteiger charge is -2.23. The smallest absolute Gasteiger partial charge is 0.212 e. The van der Waals surface area contributed by atoms with Crippen molar-refractivity contribution in [3.8, 4) is 0 Å². The van der Waals surface area contributed by atoms with Crippen LogP contribution in [0.2, 0.25) is 0 Å². The van der Waals surface area contributed by atoms with Crippen molar-refractivity contribution in [2.75, 3.05) is 11.9 Å². The third-order valence-electron chi connectivity index (χ3n) is 6.00. The zero-order valence-electron chi connectivity index (χ0n) is 17.5. The summed E-state index contributed by atoms with van der Waals surface area (Å²) in [6.45, 7) is 9.92. The first kappa shape index (κ1) is 18.5. The Balaban J connectivity index is 1.72. The highest BCUT2D eigenvalue weighted by atomic mass is 15.2. The van der Waals surface area contributed by atoms with Gasteiger partial charge >= 0.3 is 0 Å². The molecule has 0 bridgehead atoms. The fraction of sp³-hybridized carbons (Fsp3) is 0.269. The summed E-state index contributed by atoms with van der Waals surface area (Å²) >= 11 is 0. The monoisotopic (exact) mass is 369 g/mol. The highest BCUT2D eigenvalue weighted by Gasteiger charge is 2.37. The lowest BCUT2D eigenvalue weighted by Crippen LogP contribution is -2.36. The maximum absolute atomic E-state index is 2.38. The predicted octanol–water partition coefficient (Wildman–Crippen LogP) is 5.78. The van der Waals surface area contributed by atoms with Crippen LogP contribution >= 0.6 is 0 Å². The molecule has 2 heteroatoms. The average molecular weight is 370 g/mol. The van der Waals surface area contributed by atoms with E-state index in [1.807, 2.05) is 0 Å². The van der Waals surface area contributed by atoms with Gasteiger partial charge in [0.25, 0.3) is 0 Å². The predicted molar refractivity (Wildman–Crippen MR) is 120 cm³/mol. The van der Waals surface area contributed by atoms with Gasteiger partial charge < -0.3 is 4.90 Å². The summed E-state index contributed by atoms with van der Waals surface area (Å²) in [7, 11) is 2.16. The molecule has 0 saturated carbocycles. The van der Waals surface area contributed by atoms with Crippen LogP contribution in [-0.2, 0) is 12.0 Å². The maximum Gasteiger partial charge on any atom is 0.212 e. The van der Waals surface area contributed by atoms with Crippen LogP contribution in [0.15, 0.2) is 72.4 Å². The minimum absolute atomic E-state index is 0.0112. The zero-order chi connectivity index (χ0) is 19.9. The molecule has 0 radical (unpaired) electrons. The first-order chi connectivity index (χ1) is 13.4. The Morgan fingerprint density at radius 2 is 1.82 bits per heavy atom. The number of pyridine rings is 1. The number of hydrogen-bond acceptors (Lipinski definition) is 1. The summed E-state index contributed by atoms with van der Waals surface area (Å²) in [6, 6.07) is 19.8. The summed E-state index contributed by atoms with van der Waals surface area (Å²) in [6.07, 6.45) is 6.68. The minimum atomic E-state index is 0.0112. The standard InChI is InChI=1S/C26H29N2/c1-6-28-21(16-15-20-18-19(2)14-17-23(20)28)10-9-13-25-26(3,4)22-11-7-8-12-24(22)27(25)5/h7-18H,6H2,1-5H3/q+1. The first-order valence-electron chi connectivity index (χ1n) is 10.1. The van der Waals surface area contributed by atoms with Crippen LogP contribution in [0.3, 0.4) is 0 Å². The molecule has 2 nitrogen and oxygen atoms in total. The van der Waals surface area contributed by atoms with E-state index in [-0.39, 0.29) is 5.41 Å². The molecule has 0 spiro atoms. The molecule has 0 atom stereocenters. The van der Waals surface area contributed by atoms with Crippen molar-refractivity contribution in [1.82, 2.24) is 0 Å². The summed E-state index contributed by atoms with van der Waals surface area (Å²) in [5.41, 5.74) is 7.84. The molecule has 1 aromatic heterocycles. The molecule has 2 heterocycles. The second-order valence-electron chi connectivity index (χ2n) is 8.18. The van der Waals surface area contributed by atoms with Crippen LogP contribution in [0, 0.1) is 6.92 Å². The van der Waals surface area contributed by atoms with Gasteiger partial charge in [-0.2, -0.15) is 4.57 Å². The minimum Gasteiger partial charge on any atom is -0.347 e. The molecular formula is C26H29N2+. The molecule has 142 valence electrons. The Morgan fingerprint density at radius 3 is 2.57 bits per heavy atom. The Morgan fingerprint density at radius 1 is 1.04 bits per heavy atom. The number of allylic oxidation sites excluding steroid dienone is 3. The van der Waals surface area contributed by atoms with Crippen LogP contribution in [0.25, 0.3) is 17.0 Å². The molecule has 0 saturated heterocycles. The summed E-state index contributed by atoms with van der Waals surface area (Å²) in [5.74, 6) is 0. The van der Waals surface area contributed by atoms with Gasteiger partial charge in [0.05, 0.1) is 0 Å². The molecular weight excluding hydrogens is 340 g/mol. The third-order valence-corrected chi connectivity index (χ3v) is 6.00. The van der Waals surface area contributed by atoms with Crippen molar-refractivity contribution < 1.29 is 4.57 Å². The second-order valence-corrected chi connectivity index (χ2v) is 8.18. The molecule has 0 aliphatic carbocycles. The van der Waals surface area contributed by atoms with Crippen molar-refractivity contribution in [3.05, 3.63) is 89.3 Å². The summed E-state index contributed by atoms with van der Waals surface area (Å²) in [5, 5.41) is 1.30. The SMILES string of the molecule is CC[n+]1c(C=CC=C2N(C)c3ccccc3C2(C)C)ccc2cc(C)ccc21. The van der Waals surface area contributed by atoms with Crippen molar-refractivity contribution in [2.24, 2.45) is 0 Å². The number of rotatable bonds is 3. The molecule has 4 rings (SSSR count). The summed E-state index contributed by atoms with van der Waals surface area (Å²) in [4.78, 5) is 2.32. The lowest BCUT2D eigenvalue weighted by atomic mass is 9.84. The fourth-order valence-corrected chi connectivity index (χ4v) is 4.50. The van der Waals surface area contributed by atoms with E-state index in [0.717, 1.165) is 6.54 Å². The number of anilines is 1. The molecule has 3 aromatic rings. The number of aryl methyl sites for hydroxylation is 2. The van der Waals surface area contributed by atoms with Gasteiger partial charge in [0.15, 0.2) is 0 Å². The molecule has 28 heavy (non-hydrogen) atoms. The van der Waals surface area contributed by atoms with E-state index in [0.29, 0.717) is 0 Å². The Labute approximate surface area is 168 Å². The van der Waals surface area contributed by atoms with Gasteiger partial charge in [-0.1, -0.05) is 49.8 Å². The number of fused-ring (bicyclic) bond motifs is 2. The second kappa shape index (κ2) is 6.94. The van der Waals surface area contributed by atoms with Gasteiger partial charge in [-0.3, -0.25) is 0 Å².